The first-order valence-corrected chi connectivity index (χ1v) is 6.40. The molecule has 0 aliphatic carbocycles. The second kappa shape index (κ2) is 6.65. The predicted octanol–water partition coefficient (Wildman–Crippen LogP) is 4.73. The molecule has 0 bridgehead atoms. The number of hydrogen-bond donors (Lipinski definition) is 1. The molecule has 0 unspecified atom stereocenters. The van der Waals surface area contributed by atoms with Crippen molar-refractivity contribution in [3.63, 3.8) is 0 Å². The zero-order valence-electron chi connectivity index (χ0n) is 10.6. The summed E-state index contributed by atoms with van der Waals surface area (Å²) >= 11 is 0. The topological polar surface area (TPSA) is 12.0 Å². The van der Waals surface area contributed by atoms with Crippen molar-refractivity contribution in [1.82, 2.24) is 0 Å². The van der Waals surface area contributed by atoms with Crippen LogP contribution < -0.4 is 5.32 Å². The standard InChI is InChI=1S/C17H19N/c1-2-3-7-14-18-17-12-10-16(11-13-17)15-8-5-4-6-9-15/h2,4-6,8-13,18H,1,3,7,14H2. The lowest BCUT2D eigenvalue weighted by Crippen LogP contribution is -2.00. The molecule has 0 saturated heterocycles. The fraction of sp³-hybridized carbons (Fsp3) is 0.176. The second-order valence-corrected chi connectivity index (χ2v) is 4.30. The molecule has 2 rings (SSSR count). The number of rotatable bonds is 6. The molecule has 0 saturated carbocycles. The zero-order chi connectivity index (χ0) is 12.6. The Morgan fingerprint density at radius 3 is 2.22 bits per heavy atom. The van der Waals surface area contributed by atoms with Crippen LogP contribution in [-0.2, 0) is 0 Å². The number of benzene rings is 2. The highest BCUT2D eigenvalue weighted by atomic mass is 14.9. The maximum atomic E-state index is 3.72. The lowest BCUT2D eigenvalue weighted by molar-refractivity contribution is 0.891. The van der Waals surface area contributed by atoms with Crippen LogP contribution in [0.25, 0.3) is 11.1 Å². The Bertz CT molecular complexity index is 471. The Morgan fingerprint density at radius 2 is 1.56 bits per heavy atom. The summed E-state index contributed by atoms with van der Waals surface area (Å²) in [7, 11) is 0. The highest BCUT2D eigenvalue weighted by Gasteiger charge is 1.96. The fourth-order valence-electron chi connectivity index (χ4n) is 1.89. The van der Waals surface area contributed by atoms with Crippen molar-refractivity contribution in [2.24, 2.45) is 0 Å². The summed E-state index contributed by atoms with van der Waals surface area (Å²) in [6.45, 7) is 4.72. The van der Waals surface area contributed by atoms with Gasteiger partial charge in [0.05, 0.1) is 0 Å². The Morgan fingerprint density at radius 1 is 0.889 bits per heavy atom. The van der Waals surface area contributed by atoms with Gasteiger partial charge in [0.25, 0.3) is 0 Å². The SMILES string of the molecule is C=CCCCNc1ccc(-c2ccccc2)cc1. The minimum Gasteiger partial charge on any atom is -0.385 e. The van der Waals surface area contributed by atoms with E-state index in [0.29, 0.717) is 0 Å². The van der Waals surface area contributed by atoms with Crippen molar-refractivity contribution in [2.45, 2.75) is 12.8 Å². The summed E-state index contributed by atoms with van der Waals surface area (Å²) in [4.78, 5) is 0. The van der Waals surface area contributed by atoms with Crippen molar-refractivity contribution in [1.29, 1.82) is 0 Å². The van der Waals surface area contributed by atoms with Gasteiger partial charge in [-0.1, -0.05) is 48.5 Å². The molecule has 0 heterocycles. The van der Waals surface area contributed by atoms with E-state index in [1.165, 1.54) is 16.8 Å². The molecule has 0 spiro atoms. The molecule has 18 heavy (non-hydrogen) atoms. The molecule has 0 atom stereocenters. The molecule has 0 aliphatic rings. The first kappa shape index (κ1) is 12.4. The summed E-state index contributed by atoms with van der Waals surface area (Å²) < 4.78 is 0. The molecule has 0 amide bonds. The van der Waals surface area contributed by atoms with Crippen LogP contribution in [0.5, 0.6) is 0 Å². The normalized spacial score (nSPS) is 10.0. The Kier molecular flexibility index (Phi) is 4.60. The van der Waals surface area contributed by atoms with E-state index in [2.05, 4.69) is 60.4 Å². The van der Waals surface area contributed by atoms with Gasteiger partial charge in [-0.05, 0) is 36.1 Å². The predicted molar refractivity (Wildman–Crippen MR) is 79.8 cm³/mol. The molecule has 1 heteroatoms. The van der Waals surface area contributed by atoms with Crippen LogP contribution in [0.1, 0.15) is 12.8 Å². The van der Waals surface area contributed by atoms with Gasteiger partial charge in [0.2, 0.25) is 0 Å². The van der Waals surface area contributed by atoms with Crippen LogP contribution in [0.15, 0.2) is 67.3 Å². The highest BCUT2D eigenvalue weighted by molar-refractivity contribution is 5.65. The zero-order valence-corrected chi connectivity index (χ0v) is 10.6. The van der Waals surface area contributed by atoms with E-state index >= 15 is 0 Å². The van der Waals surface area contributed by atoms with Gasteiger partial charge in [0.1, 0.15) is 0 Å². The van der Waals surface area contributed by atoms with Crippen LogP contribution >= 0.6 is 0 Å². The molecule has 1 nitrogen and oxygen atoms in total. The molecule has 2 aromatic carbocycles. The lowest BCUT2D eigenvalue weighted by Gasteiger charge is -2.07. The van der Waals surface area contributed by atoms with Crippen LogP contribution in [-0.4, -0.2) is 6.54 Å². The summed E-state index contributed by atoms with van der Waals surface area (Å²) in [6.07, 6.45) is 4.15. The maximum absolute atomic E-state index is 3.72. The van der Waals surface area contributed by atoms with Crippen LogP contribution in [0.4, 0.5) is 5.69 Å². The van der Waals surface area contributed by atoms with Gasteiger partial charge >= 0.3 is 0 Å². The second-order valence-electron chi connectivity index (χ2n) is 4.30. The molecule has 0 aliphatic heterocycles. The van der Waals surface area contributed by atoms with Crippen molar-refractivity contribution in [2.75, 3.05) is 11.9 Å². The van der Waals surface area contributed by atoms with Crippen molar-refractivity contribution in [3.8, 4) is 11.1 Å². The molecule has 1 N–H and O–H groups in total. The number of anilines is 1. The summed E-state index contributed by atoms with van der Waals surface area (Å²) in [5.74, 6) is 0. The van der Waals surface area contributed by atoms with Crippen molar-refractivity contribution >= 4 is 5.69 Å². The molecular formula is C17H19N. The third-order valence-corrected chi connectivity index (χ3v) is 2.91. The van der Waals surface area contributed by atoms with E-state index in [9.17, 15) is 0 Å². The van der Waals surface area contributed by atoms with Gasteiger partial charge in [-0.3, -0.25) is 0 Å². The van der Waals surface area contributed by atoms with E-state index in [4.69, 9.17) is 0 Å². The van der Waals surface area contributed by atoms with Crippen LogP contribution in [0.3, 0.4) is 0 Å². The Hall–Kier alpha value is -2.02. The van der Waals surface area contributed by atoms with E-state index in [1.54, 1.807) is 0 Å². The van der Waals surface area contributed by atoms with Crippen LogP contribution in [0.2, 0.25) is 0 Å². The molecular weight excluding hydrogens is 218 g/mol. The molecule has 0 fully saturated rings. The molecule has 2 aromatic rings. The average Bonchev–Trinajstić information content (AvgIpc) is 2.45. The van der Waals surface area contributed by atoms with E-state index in [1.807, 2.05) is 12.1 Å². The summed E-state index contributed by atoms with van der Waals surface area (Å²) in [5, 5.41) is 3.41. The largest absolute Gasteiger partial charge is 0.385 e. The number of nitrogens with one attached hydrogen (secondary N) is 1. The number of unbranched alkanes of at least 4 members (excludes halogenated alkanes) is 1. The minimum atomic E-state index is 0.997. The number of allylic oxidation sites excluding steroid dienone is 1. The lowest BCUT2D eigenvalue weighted by atomic mass is 10.1. The van der Waals surface area contributed by atoms with Gasteiger partial charge in [0.15, 0.2) is 0 Å². The van der Waals surface area contributed by atoms with Crippen molar-refractivity contribution in [3.05, 3.63) is 67.3 Å². The van der Waals surface area contributed by atoms with Crippen molar-refractivity contribution < 1.29 is 0 Å². The summed E-state index contributed by atoms with van der Waals surface area (Å²) in [5.41, 5.74) is 3.70. The van der Waals surface area contributed by atoms with Gasteiger partial charge in [-0.25, -0.2) is 0 Å². The molecule has 0 radical (unpaired) electrons. The Labute approximate surface area is 109 Å². The first-order valence-electron chi connectivity index (χ1n) is 6.40. The minimum absolute atomic E-state index is 0.997. The smallest absolute Gasteiger partial charge is 0.0340 e. The monoisotopic (exact) mass is 237 g/mol. The first-order chi connectivity index (χ1) is 8.90. The van der Waals surface area contributed by atoms with Gasteiger partial charge in [0, 0.05) is 12.2 Å². The van der Waals surface area contributed by atoms with Gasteiger partial charge in [-0.2, -0.15) is 0 Å². The van der Waals surface area contributed by atoms with E-state index in [-0.39, 0.29) is 0 Å². The maximum Gasteiger partial charge on any atom is 0.0340 e. The van der Waals surface area contributed by atoms with Gasteiger partial charge in [-0.15, -0.1) is 6.58 Å². The third kappa shape index (κ3) is 3.49. The van der Waals surface area contributed by atoms with E-state index in [0.717, 1.165) is 19.4 Å². The molecule has 92 valence electrons. The highest BCUT2D eigenvalue weighted by Crippen LogP contribution is 2.20. The van der Waals surface area contributed by atoms with Crippen LogP contribution in [0, 0.1) is 0 Å². The quantitative estimate of drug-likeness (QED) is 0.565. The molecule has 0 aromatic heterocycles. The number of hydrogen-bond acceptors (Lipinski definition) is 1. The fourth-order valence-corrected chi connectivity index (χ4v) is 1.89. The Balaban J connectivity index is 1.95. The summed E-state index contributed by atoms with van der Waals surface area (Å²) in [6, 6.07) is 19.0. The van der Waals surface area contributed by atoms with E-state index < -0.39 is 0 Å². The van der Waals surface area contributed by atoms with Gasteiger partial charge < -0.3 is 5.32 Å². The third-order valence-electron chi connectivity index (χ3n) is 2.91. The average molecular weight is 237 g/mol.